The number of nitroso groups, excluding NO2 is 1. The summed E-state index contributed by atoms with van der Waals surface area (Å²) in [6.45, 7) is 4.65. The lowest BCUT2D eigenvalue weighted by Crippen LogP contribution is -2.36. The van der Waals surface area contributed by atoms with E-state index in [-0.39, 0.29) is 19.2 Å². The third-order valence-electron chi connectivity index (χ3n) is 3.06. The van der Waals surface area contributed by atoms with Gasteiger partial charge in [0.2, 0.25) is 0 Å². The monoisotopic (exact) mass is 296 g/mol. The maximum atomic E-state index is 10.6. The molecule has 1 aromatic rings. The maximum absolute atomic E-state index is 10.6. The molecule has 0 aliphatic heterocycles. The molecule has 1 atom stereocenters. The van der Waals surface area contributed by atoms with Gasteiger partial charge < -0.3 is 14.6 Å². The topological polar surface area (TPSA) is 71.4 Å². The van der Waals surface area contributed by atoms with Crippen molar-refractivity contribution in [1.29, 1.82) is 0 Å². The zero-order valence-corrected chi connectivity index (χ0v) is 12.9. The molecule has 118 valence electrons. The van der Waals surface area contributed by atoms with Gasteiger partial charge in [-0.2, -0.15) is 0 Å². The molecule has 0 radical (unpaired) electrons. The predicted octanol–water partition coefficient (Wildman–Crippen LogP) is 2.01. The average Bonchev–Trinajstić information content (AvgIpc) is 2.49. The molecule has 0 spiro atoms. The normalized spacial score (nSPS) is 12.2. The molecule has 0 fully saturated rings. The molecule has 6 heteroatoms. The Balaban J connectivity index is 2.38. The zero-order valence-electron chi connectivity index (χ0n) is 12.9. The van der Waals surface area contributed by atoms with Crippen LogP contribution in [0.15, 0.2) is 29.6 Å². The van der Waals surface area contributed by atoms with Crippen molar-refractivity contribution in [2.75, 3.05) is 26.9 Å². The van der Waals surface area contributed by atoms with E-state index < -0.39 is 6.10 Å². The van der Waals surface area contributed by atoms with Gasteiger partial charge in [-0.15, -0.1) is 4.91 Å². The highest BCUT2D eigenvalue weighted by atomic mass is 16.5. The molecule has 21 heavy (non-hydrogen) atoms. The van der Waals surface area contributed by atoms with E-state index in [1.165, 1.54) is 10.6 Å². The van der Waals surface area contributed by atoms with Crippen LogP contribution in [0.4, 0.5) is 0 Å². The van der Waals surface area contributed by atoms with Crippen LogP contribution in [0.3, 0.4) is 0 Å². The first-order chi connectivity index (χ1) is 10.1. The molecule has 1 unspecified atom stereocenters. The highest BCUT2D eigenvalue weighted by Crippen LogP contribution is 2.13. The molecular formula is C15H24N2O4. The van der Waals surface area contributed by atoms with E-state index in [1.54, 1.807) is 7.11 Å². The second-order valence-corrected chi connectivity index (χ2v) is 5.15. The van der Waals surface area contributed by atoms with Crippen molar-refractivity contribution < 1.29 is 14.6 Å². The second kappa shape index (κ2) is 9.31. The first-order valence-electron chi connectivity index (χ1n) is 7.05. The van der Waals surface area contributed by atoms with E-state index in [0.29, 0.717) is 12.4 Å². The molecule has 0 aromatic heterocycles. The third-order valence-corrected chi connectivity index (χ3v) is 3.06. The molecule has 1 N–H and O–H groups in total. The Morgan fingerprint density at radius 3 is 2.48 bits per heavy atom. The lowest BCUT2D eigenvalue weighted by Gasteiger charge is -2.22. The molecule has 0 heterocycles. The average molecular weight is 296 g/mol. The van der Waals surface area contributed by atoms with Gasteiger partial charge in [0.1, 0.15) is 18.5 Å². The second-order valence-electron chi connectivity index (χ2n) is 5.15. The predicted molar refractivity (Wildman–Crippen MR) is 81.2 cm³/mol. The molecule has 0 saturated heterocycles. The summed E-state index contributed by atoms with van der Waals surface area (Å²) in [6, 6.07) is 7.60. The molecule has 0 aliphatic rings. The summed E-state index contributed by atoms with van der Waals surface area (Å²) in [7, 11) is 1.67. The van der Waals surface area contributed by atoms with Crippen molar-refractivity contribution in [3.63, 3.8) is 0 Å². The van der Waals surface area contributed by atoms with E-state index >= 15 is 0 Å². The van der Waals surface area contributed by atoms with Crippen molar-refractivity contribution in [3.05, 3.63) is 34.7 Å². The molecule has 1 aromatic carbocycles. The van der Waals surface area contributed by atoms with E-state index in [9.17, 15) is 10.0 Å². The highest BCUT2D eigenvalue weighted by Gasteiger charge is 2.14. The van der Waals surface area contributed by atoms with Crippen LogP contribution in [0.5, 0.6) is 5.75 Å². The smallest absolute Gasteiger partial charge is 0.119 e. The molecule has 1 rings (SSSR count). The lowest BCUT2D eigenvalue weighted by molar-refractivity contribution is 0.0579. The Hall–Kier alpha value is -1.66. The SMILES string of the molecule is COCCc1ccc(OCC(O)CN(N=O)C(C)C)cc1. The van der Waals surface area contributed by atoms with Crippen LogP contribution in [-0.2, 0) is 11.2 Å². The standard InChI is InChI=1S/C15H24N2O4/c1-12(2)17(16-19)10-14(18)11-21-15-6-4-13(5-7-15)8-9-20-3/h4-7,12,14,18H,8-11H2,1-3H3. The van der Waals surface area contributed by atoms with Crippen LogP contribution in [0, 0.1) is 4.91 Å². The summed E-state index contributed by atoms with van der Waals surface area (Å²) in [6.07, 6.45) is 0.0894. The van der Waals surface area contributed by atoms with Gasteiger partial charge in [-0.05, 0) is 38.0 Å². The van der Waals surface area contributed by atoms with Crippen molar-refractivity contribution in [1.82, 2.24) is 5.01 Å². The van der Waals surface area contributed by atoms with Crippen molar-refractivity contribution in [3.8, 4) is 5.75 Å². The minimum absolute atomic E-state index is 0.0442. The molecule has 6 nitrogen and oxygen atoms in total. The van der Waals surface area contributed by atoms with Crippen LogP contribution >= 0.6 is 0 Å². The van der Waals surface area contributed by atoms with Crippen LogP contribution in [0.1, 0.15) is 19.4 Å². The van der Waals surface area contributed by atoms with Crippen LogP contribution < -0.4 is 4.74 Å². The van der Waals surface area contributed by atoms with Crippen LogP contribution in [-0.4, -0.2) is 49.1 Å². The Labute approximate surface area is 125 Å². The highest BCUT2D eigenvalue weighted by molar-refractivity contribution is 5.27. The van der Waals surface area contributed by atoms with Crippen LogP contribution in [0.25, 0.3) is 0 Å². The van der Waals surface area contributed by atoms with Gasteiger partial charge in [-0.3, -0.25) is 5.01 Å². The largest absolute Gasteiger partial charge is 0.491 e. The molecular weight excluding hydrogens is 272 g/mol. The number of benzene rings is 1. The van der Waals surface area contributed by atoms with Gasteiger partial charge in [-0.1, -0.05) is 12.1 Å². The fourth-order valence-corrected chi connectivity index (χ4v) is 1.77. The van der Waals surface area contributed by atoms with Gasteiger partial charge in [0.25, 0.3) is 0 Å². The van der Waals surface area contributed by atoms with Gasteiger partial charge >= 0.3 is 0 Å². The Bertz CT molecular complexity index is 409. The Morgan fingerprint density at radius 2 is 1.95 bits per heavy atom. The number of methoxy groups -OCH3 is 1. The fourth-order valence-electron chi connectivity index (χ4n) is 1.77. The van der Waals surface area contributed by atoms with E-state index in [4.69, 9.17) is 9.47 Å². The van der Waals surface area contributed by atoms with Crippen molar-refractivity contribution in [2.24, 2.45) is 5.29 Å². The number of aliphatic hydroxyl groups excluding tert-OH is 1. The summed E-state index contributed by atoms with van der Waals surface area (Å²) < 4.78 is 10.5. The van der Waals surface area contributed by atoms with Gasteiger partial charge in [0.15, 0.2) is 0 Å². The quantitative estimate of drug-likeness (QED) is 0.528. The number of nitrogens with zero attached hydrogens (tertiary/aromatic N) is 2. The maximum Gasteiger partial charge on any atom is 0.119 e. The van der Waals surface area contributed by atoms with Crippen LogP contribution in [0.2, 0.25) is 0 Å². The molecule has 0 aliphatic carbocycles. The van der Waals surface area contributed by atoms with Gasteiger partial charge in [-0.25, -0.2) is 0 Å². The summed E-state index contributed by atoms with van der Waals surface area (Å²) in [5.41, 5.74) is 1.17. The minimum atomic E-state index is -0.765. The van der Waals surface area contributed by atoms with E-state index in [2.05, 4.69) is 5.29 Å². The number of rotatable bonds is 10. The summed E-state index contributed by atoms with van der Waals surface area (Å²) in [4.78, 5) is 10.6. The summed E-state index contributed by atoms with van der Waals surface area (Å²) >= 11 is 0. The first-order valence-corrected chi connectivity index (χ1v) is 7.05. The van der Waals surface area contributed by atoms with Gasteiger partial charge in [0, 0.05) is 13.2 Å². The van der Waals surface area contributed by atoms with Crippen molar-refractivity contribution in [2.45, 2.75) is 32.4 Å². The number of ether oxygens (including phenoxy) is 2. The molecule has 0 bridgehead atoms. The van der Waals surface area contributed by atoms with Crippen molar-refractivity contribution >= 4 is 0 Å². The number of hydrogen-bond donors (Lipinski definition) is 1. The third kappa shape index (κ3) is 6.55. The fraction of sp³-hybridized carbons (Fsp3) is 0.600. The summed E-state index contributed by atoms with van der Waals surface area (Å²) in [5.74, 6) is 0.686. The Morgan fingerprint density at radius 1 is 1.29 bits per heavy atom. The van der Waals surface area contributed by atoms with E-state index in [0.717, 1.165) is 6.42 Å². The number of aliphatic hydroxyl groups is 1. The molecule has 0 saturated carbocycles. The first kappa shape index (κ1) is 17.4. The van der Waals surface area contributed by atoms with E-state index in [1.807, 2.05) is 38.1 Å². The summed E-state index contributed by atoms with van der Waals surface area (Å²) in [5, 5.41) is 14.0. The number of hydrogen-bond acceptors (Lipinski definition) is 5. The zero-order chi connectivity index (χ0) is 15.7. The Kier molecular flexibility index (Phi) is 7.71. The lowest BCUT2D eigenvalue weighted by atomic mass is 10.1. The minimum Gasteiger partial charge on any atom is -0.491 e. The van der Waals surface area contributed by atoms with Gasteiger partial charge in [0.05, 0.1) is 18.4 Å². The molecule has 0 amide bonds.